The zero-order valence-electron chi connectivity index (χ0n) is 12.2. The van der Waals surface area contributed by atoms with Crippen molar-refractivity contribution < 1.29 is 4.63 Å². The summed E-state index contributed by atoms with van der Waals surface area (Å²) in [5.74, 6) is 0. The molecule has 0 bridgehead atoms. The molecule has 1 atom stereocenters. The van der Waals surface area contributed by atoms with Gasteiger partial charge in [-0.1, -0.05) is 11.2 Å². The van der Waals surface area contributed by atoms with E-state index in [1.165, 1.54) is 18.4 Å². The largest absolute Gasteiger partial charge is 0.306 e. The number of nitrogens with zero attached hydrogens (tertiary/aromatic N) is 5. The Morgan fingerprint density at radius 3 is 2.95 bits per heavy atom. The predicted molar refractivity (Wildman–Crippen MR) is 77.8 cm³/mol. The van der Waals surface area contributed by atoms with Crippen molar-refractivity contribution in [2.24, 2.45) is 0 Å². The molecule has 0 aliphatic carbocycles. The number of rotatable bonds is 2. The van der Waals surface area contributed by atoms with Crippen molar-refractivity contribution in [1.82, 2.24) is 24.6 Å². The number of likely N-dealkylation sites (tertiary alicyclic amines) is 1. The summed E-state index contributed by atoms with van der Waals surface area (Å²) in [5, 5.41) is 7.78. The third-order valence-electron chi connectivity index (χ3n) is 4.29. The van der Waals surface area contributed by atoms with Crippen molar-refractivity contribution in [3.05, 3.63) is 35.8 Å². The summed E-state index contributed by atoms with van der Waals surface area (Å²) in [6, 6.07) is 4.70. The maximum atomic E-state index is 4.79. The minimum absolute atomic E-state index is 0.445. The van der Waals surface area contributed by atoms with Gasteiger partial charge in [0, 0.05) is 24.0 Å². The van der Waals surface area contributed by atoms with Gasteiger partial charge in [-0.25, -0.2) is 9.61 Å². The maximum absolute atomic E-state index is 4.79. The first-order valence-electron chi connectivity index (χ1n) is 7.21. The third-order valence-corrected chi connectivity index (χ3v) is 4.29. The standard InChI is InChI=1S/C15H17N5O/c1-10-14(18-21-17-10)12-9-20-8-3-5-11(15(20)16-12)13-6-4-7-19(13)2/h3,5,8-9,13H,4,6-7H2,1-2H3/t13-/m0/s1. The van der Waals surface area contributed by atoms with Crippen molar-refractivity contribution in [2.75, 3.05) is 13.6 Å². The van der Waals surface area contributed by atoms with E-state index < -0.39 is 0 Å². The van der Waals surface area contributed by atoms with Gasteiger partial charge in [-0.05, 0) is 44.6 Å². The van der Waals surface area contributed by atoms with Crippen LogP contribution in [0.5, 0.6) is 0 Å². The van der Waals surface area contributed by atoms with Crippen LogP contribution >= 0.6 is 0 Å². The number of hydrogen-bond donors (Lipinski definition) is 0. The number of imidazole rings is 1. The van der Waals surface area contributed by atoms with Crippen LogP contribution in [-0.2, 0) is 0 Å². The SMILES string of the molecule is Cc1nonc1-c1cn2cccc([C@@H]3CCCN3C)c2n1. The lowest BCUT2D eigenvalue weighted by atomic mass is 10.1. The molecule has 0 spiro atoms. The van der Waals surface area contributed by atoms with E-state index in [-0.39, 0.29) is 0 Å². The molecule has 1 aliphatic rings. The lowest BCUT2D eigenvalue weighted by molar-refractivity contribution is 0.306. The molecular formula is C15H17N5O. The second-order valence-electron chi connectivity index (χ2n) is 5.66. The molecule has 1 saturated heterocycles. The van der Waals surface area contributed by atoms with Gasteiger partial charge in [0.15, 0.2) is 5.69 Å². The Balaban J connectivity index is 1.86. The molecule has 3 aromatic heterocycles. The topological polar surface area (TPSA) is 59.5 Å². The number of pyridine rings is 1. The van der Waals surface area contributed by atoms with Crippen LogP contribution < -0.4 is 0 Å². The number of fused-ring (bicyclic) bond motifs is 1. The van der Waals surface area contributed by atoms with Crippen LogP contribution in [0, 0.1) is 6.92 Å². The summed E-state index contributed by atoms with van der Waals surface area (Å²) in [6.07, 6.45) is 6.43. The first-order valence-corrected chi connectivity index (χ1v) is 7.21. The zero-order valence-corrected chi connectivity index (χ0v) is 12.2. The van der Waals surface area contributed by atoms with Crippen molar-refractivity contribution in [3.63, 3.8) is 0 Å². The molecule has 0 aromatic carbocycles. The highest BCUT2D eigenvalue weighted by Crippen LogP contribution is 2.33. The van der Waals surface area contributed by atoms with Crippen LogP contribution in [-0.4, -0.2) is 38.2 Å². The summed E-state index contributed by atoms with van der Waals surface area (Å²) >= 11 is 0. The highest BCUT2D eigenvalue weighted by atomic mass is 16.6. The van der Waals surface area contributed by atoms with Gasteiger partial charge in [0.2, 0.25) is 0 Å². The Bertz CT molecular complexity index is 790. The van der Waals surface area contributed by atoms with Gasteiger partial charge in [0.25, 0.3) is 0 Å². The Kier molecular flexibility index (Phi) is 2.78. The van der Waals surface area contributed by atoms with Gasteiger partial charge in [-0.2, -0.15) is 0 Å². The van der Waals surface area contributed by atoms with Crippen molar-refractivity contribution in [1.29, 1.82) is 0 Å². The molecular weight excluding hydrogens is 266 g/mol. The number of aryl methyl sites for hydroxylation is 1. The molecule has 1 aliphatic heterocycles. The normalized spacial score (nSPS) is 19.6. The van der Waals surface area contributed by atoms with E-state index in [1.807, 2.05) is 19.3 Å². The van der Waals surface area contributed by atoms with Crippen molar-refractivity contribution in [2.45, 2.75) is 25.8 Å². The van der Waals surface area contributed by atoms with Crippen molar-refractivity contribution >= 4 is 5.65 Å². The van der Waals surface area contributed by atoms with Gasteiger partial charge in [-0.3, -0.25) is 4.90 Å². The maximum Gasteiger partial charge on any atom is 0.157 e. The fourth-order valence-electron chi connectivity index (χ4n) is 3.18. The molecule has 0 unspecified atom stereocenters. The van der Waals surface area contributed by atoms with E-state index in [9.17, 15) is 0 Å². The lowest BCUT2D eigenvalue weighted by Gasteiger charge is -2.20. The van der Waals surface area contributed by atoms with Crippen LogP contribution in [0.25, 0.3) is 17.0 Å². The minimum Gasteiger partial charge on any atom is -0.306 e. The molecule has 0 amide bonds. The summed E-state index contributed by atoms with van der Waals surface area (Å²) in [6.45, 7) is 3.02. The first kappa shape index (κ1) is 12.5. The number of hydrogen-bond acceptors (Lipinski definition) is 5. The quantitative estimate of drug-likeness (QED) is 0.723. The summed E-state index contributed by atoms with van der Waals surface area (Å²) in [7, 11) is 2.18. The summed E-state index contributed by atoms with van der Waals surface area (Å²) in [4.78, 5) is 7.16. The van der Waals surface area contributed by atoms with E-state index in [0.717, 1.165) is 23.6 Å². The molecule has 1 fully saturated rings. The van der Waals surface area contributed by atoms with Crippen LogP contribution in [0.4, 0.5) is 0 Å². The Morgan fingerprint density at radius 1 is 1.33 bits per heavy atom. The average molecular weight is 283 g/mol. The van der Waals surface area contributed by atoms with Gasteiger partial charge in [0.1, 0.15) is 17.0 Å². The highest BCUT2D eigenvalue weighted by Gasteiger charge is 2.25. The molecule has 3 aromatic rings. The highest BCUT2D eigenvalue weighted by molar-refractivity contribution is 5.62. The second-order valence-corrected chi connectivity index (χ2v) is 5.66. The molecule has 0 N–H and O–H groups in total. The van der Waals surface area contributed by atoms with Crippen LogP contribution in [0.1, 0.15) is 30.1 Å². The van der Waals surface area contributed by atoms with E-state index in [2.05, 4.69) is 38.8 Å². The molecule has 0 radical (unpaired) electrons. The summed E-state index contributed by atoms with van der Waals surface area (Å²) < 4.78 is 6.85. The van der Waals surface area contributed by atoms with E-state index >= 15 is 0 Å². The fraction of sp³-hybridized carbons (Fsp3) is 0.400. The van der Waals surface area contributed by atoms with E-state index in [0.29, 0.717) is 11.7 Å². The molecule has 108 valence electrons. The van der Waals surface area contributed by atoms with Crippen LogP contribution in [0.15, 0.2) is 29.2 Å². The third kappa shape index (κ3) is 1.94. The Labute approximate surface area is 122 Å². The van der Waals surface area contributed by atoms with Crippen molar-refractivity contribution in [3.8, 4) is 11.4 Å². The molecule has 21 heavy (non-hydrogen) atoms. The molecule has 0 saturated carbocycles. The zero-order chi connectivity index (χ0) is 14.4. The smallest absolute Gasteiger partial charge is 0.157 e. The van der Waals surface area contributed by atoms with E-state index in [4.69, 9.17) is 9.61 Å². The minimum atomic E-state index is 0.445. The Hall–Kier alpha value is -2.21. The Morgan fingerprint density at radius 2 is 2.24 bits per heavy atom. The monoisotopic (exact) mass is 283 g/mol. The second kappa shape index (κ2) is 4.66. The van der Waals surface area contributed by atoms with Crippen LogP contribution in [0.2, 0.25) is 0 Å². The molecule has 4 rings (SSSR count). The number of aromatic nitrogens is 4. The van der Waals surface area contributed by atoms with Crippen LogP contribution in [0.3, 0.4) is 0 Å². The summed E-state index contributed by atoms with van der Waals surface area (Å²) in [5.41, 5.74) is 4.55. The van der Waals surface area contributed by atoms with Gasteiger partial charge in [0.05, 0.1) is 0 Å². The van der Waals surface area contributed by atoms with Gasteiger partial charge < -0.3 is 4.40 Å². The molecule has 4 heterocycles. The van der Waals surface area contributed by atoms with E-state index in [1.54, 1.807) is 0 Å². The fourth-order valence-corrected chi connectivity index (χ4v) is 3.18. The molecule has 6 heteroatoms. The lowest BCUT2D eigenvalue weighted by Crippen LogP contribution is -2.18. The first-order chi connectivity index (χ1) is 10.2. The van der Waals surface area contributed by atoms with Gasteiger partial charge >= 0.3 is 0 Å². The predicted octanol–water partition coefficient (Wildman–Crippen LogP) is 2.46. The molecule has 6 nitrogen and oxygen atoms in total. The average Bonchev–Trinajstić information content (AvgIpc) is 3.16. The van der Waals surface area contributed by atoms with Gasteiger partial charge in [-0.15, -0.1) is 0 Å².